The molecule has 0 aliphatic heterocycles. The van der Waals surface area contributed by atoms with Crippen molar-refractivity contribution < 1.29 is 13.9 Å². The molecule has 18 heavy (non-hydrogen) atoms. The minimum atomic E-state index is -1.30. The normalized spacial score (nSPS) is 11.9. The average Bonchev–Trinajstić information content (AvgIpc) is 2.41. The van der Waals surface area contributed by atoms with Crippen molar-refractivity contribution in [2.24, 2.45) is 0 Å². The van der Waals surface area contributed by atoms with Gasteiger partial charge in [0.25, 0.3) is 0 Å². The number of benzene rings is 2. The van der Waals surface area contributed by atoms with Crippen molar-refractivity contribution in [2.45, 2.75) is 6.10 Å². The van der Waals surface area contributed by atoms with Crippen LogP contribution in [0.25, 0.3) is 0 Å². The summed E-state index contributed by atoms with van der Waals surface area (Å²) in [6.45, 7) is 0. The molecule has 1 N–H and O–H groups in total. The molecule has 4 heteroatoms. The Morgan fingerprint density at radius 2 is 1.83 bits per heavy atom. The third-order valence-electron chi connectivity index (χ3n) is 2.61. The van der Waals surface area contributed by atoms with E-state index in [2.05, 4.69) is 0 Å². The Balaban J connectivity index is 2.45. The zero-order valence-electron chi connectivity index (χ0n) is 9.27. The lowest BCUT2D eigenvalue weighted by Crippen LogP contribution is -2.04. The number of nitrogens with zero attached hydrogens (tertiary/aromatic N) is 1. The summed E-state index contributed by atoms with van der Waals surface area (Å²) in [7, 11) is 0. The van der Waals surface area contributed by atoms with E-state index in [0.717, 1.165) is 6.07 Å². The van der Waals surface area contributed by atoms with Crippen molar-refractivity contribution >= 4 is 0 Å². The van der Waals surface area contributed by atoms with Gasteiger partial charge in [-0.05, 0) is 23.8 Å². The fourth-order valence-corrected chi connectivity index (χ4v) is 1.69. The second kappa shape index (κ2) is 4.94. The van der Waals surface area contributed by atoms with Gasteiger partial charge in [0.05, 0.1) is 11.6 Å². The Labute approximate surface area is 103 Å². The molecule has 0 radical (unpaired) electrons. The highest BCUT2D eigenvalue weighted by molar-refractivity contribution is 5.37. The van der Waals surface area contributed by atoms with Crippen LogP contribution in [-0.4, -0.2) is 5.11 Å². The first kappa shape index (κ1) is 12.2. The van der Waals surface area contributed by atoms with E-state index in [1.54, 1.807) is 18.2 Å². The highest BCUT2D eigenvalue weighted by Crippen LogP contribution is 2.25. The first-order chi connectivity index (χ1) is 8.63. The van der Waals surface area contributed by atoms with Crippen molar-refractivity contribution in [2.75, 3.05) is 0 Å². The van der Waals surface area contributed by atoms with E-state index in [0.29, 0.717) is 11.1 Å². The van der Waals surface area contributed by atoms with Gasteiger partial charge in [-0.2, -0.15) is 5.26 Å². The van der Waals surface area contributed by atoms with Crippen LogP contribution in [0.3, 0.4) is 0 Å². The Kier molecular flexibility index (Phi) is 3.35. The minimum absolute atomic E-state index is 0.148. The third-order valence-corrected chi connectivity index (χ3v) is 2.61. The van der Waals surface area contributed by atoms with Crippen LogP contribution in [0.1, 0.15) is 22.8 Å². The first-order valence-electron chi connectivity index (χ1n) is 5.25. The molecule has 90 valence electrons. The lowest BCUT2D eigenvalue weighted by Gasteiger charge is -2.12. The molecule has 1 atom stereocenters. The highest BCUT2D eigenvalue weighted by atomic mass is 19.2. The molecule has 0 aliphatic carbocycles. The van der Waals surface area contributed by atoms with Gasteiger partial charge in [-0.15, -0.1) is 0 Å². The van der Waals surface area contributed by atoms with E-state index in [1.165, 1.54) is 18.2 Å². The number of aliphatic hydroxyl groups excluding tert-OH is 1. The molecular weight excluding hydrogens is 236 g/mol. The molecule has 0 saturated carbocycles. The average molecular weight is 245 g/mol. The molecule has 1 unspecified atom stereocenters. The summed E-state index contributed by atoms with van der Waals surface area (Å²) in [5, 5.41) is 18.7. The van der Waals surface area contributed by atoms with Gasteiger partial charge in [-0.25, -0.2) is 8.78 Å². The molecule has 2 aromatic carbocycles. The van der Waals surface area contributed by atoms with Crippen molar-refractivity contribution in [3.63, 3.8) is 0 Å². The molecule has 2 nitrogen and oxygen atoms in total. The van der Waals surface area contributed by atoms with Crippen LogP contribution in [0.2, 0.25) is 0 Å². The van der Waals surface area contributed by atoms with Crippen LogP contribution < -0.4 is 0 Å². The fourth-order valence-electron chi connectivity index (χ4n) is 1.69. The number of halogens is 2. The molecule has 2 aromatic rings. The SMILES string of the molecule is N#Cc1cccc(C(O)c2cccc(F)c2F)c1. The number of hydrogen-bond acceptors (Lipinski definition) is 2. The minimum Gasteiger partial charge on any atom is -0.384 e. The highest BCUT2D eigenvalue weighted by Gasteiger charge is 2.17. The Bertz CT molecular complexity index is 619. The zero-order chi connectivity index (χ0) is 13.1. The number of hydrogen-bond donors (Lipinski definition) is 1. The standard InChI is InChI=1S/C14H9F2NO/c15-12-6-2-5-11(13(12)16)14(18)10-4-1-3-9(7-10)8-17/h1-7,14,18H. The van der Waals surface area contributed by atoms with Gasteiger partial charge in [0.1, 0.15) is 6.10 Å². The van der Waals surface area contributed by atoms with Gasteiger partial charge in [-0.3, -0.25) is 0 Å². The van der Waals surface area contributed by atoms with E-state index in [9.17, 15) is 13.9 Å². The van der Waals surface area contributed by atoms with E-state index in [1.807, 2.05) is 6.07 Å². The fraction of sp³-hybridized carbons (Fsp3) is 0.0714. The summed E-state index contributed by atoms with van der Waals surface area (Å²) in [6, 6.07) is 11.7. The lowest BCUT2D eigenvalue weighted by molar-refractivity contribution is 0.213. The van der Waals surface area contributed by atoms with E-state index in [4.69, 9.17) is 5.26 Å². The van der Waals surface area contributed by atoms with Gasteiger partial charge < -0.3 is 5.11 Å². The van der Waals surface area contributed by atoms with Gasteiger partial charge in [0.15, 0.2) is 11.6 Å². The van der Waals surface area contributed by atoms with Crippen LogP contribution in [0.4, 0.5) is 8.78 Å². The summed E-state index contributed by atoms with van der Waals surface area (Å²) in [6.07, 6.45) is -1.30. The number of rotatable bonds is 2. The molecular formula is C14H9F2NO. The maximum absolute atomic E-state index is 13.5. The summed E-state index contributed by atoms with van der Waals surface area (Å²) < 4.78 is 26.6. The molecule has 0 bridgehead atoms. The lowest BCUT2D eigenvalue weighted by atomic mass is 9.99. The third kappa shape index (κ3) is 2.22. The van der Waals surface area contributed by atoms with Gasteiger partial charge in [0, 0.05) is 5.56 Å². The van der Waals surface area contributed by atoms with Crippen molar-refractivity contribution in [3.8, 4) is 6.07 Å². The largest absolute Gasteiger partial charge is 0.384 e. The second-order valence-electron chi connectivity index (χ2n) is 3.78. The van der Waals surface area contributed by atoms with Crippen LogP contribution in [0.5, 0.6) is 0 Å². The summed E-state index contributed by atoms with van der Waals surface area (Å²) in [5.41, 5.74) is 0.548. The van der Waals surface area contributed by atoms with Crippen LogP contribution in [0, 0.1) is 23.0 Å². The predicted octanol–water partition coefficient (Wildman–Crippen LogP) is 2.92. The Morgan fingerprint density at radius 3 is 2.56 bits per heavy atom. The molecule has 0 spiro atoms. The van der Waals surface area contributed by atoms with Crippen molar-refractivity contribution in [1.29, 1.82) is 5.26 Å². The van der Waals surface area contributed by atoms with E-state index in [-0.39, 0.29) is 5.56 Å². The molecule has 0 heterocycles. The van der Waals surface area contributed by atoms with E-state index >= 15 is 0 Å². The van der Waals surface area contributed by atoms with Crippen molar-refractivity contribution in [1.82, 2.24) is 0 Å². The molecule has 0 fully saturated rings. The number of aliphatic hydroxyl groups is 1. The predicted molar refractivity (Wildman–Crippen MR) is 61.6 cm³/mol. The molecule has 0 amide bonds. The van der Waals surface area contributed by atoms with Gasteiger partial charge >= 0.3 is 0 Å². The summed E-state index contributed by atoms with van der Waals surface area (Å²) in [4.78, 5) is 0. The Hall–Kier alpha value is -2.25. The molecule has 0 saturated heterocycles. The first-order valence-corrected chi connectivity index (χ1v) is 5.25. The topological polar surface area (TPSA) is 44.0 Å². The second-order valence-corrected chi connectivity index (χ2v) is 3.78. The number of nitriles is 1. The van der Waals surface area contributed by atoms with Crippen LogP contribution >= 0.6 is 0 Å². The smallest absolute Gasteiger partial charge is 0.164 e. The molecule has 2 rings (SSSR count). The maximum atomic E-state index is 13.5. The maximum Gasteiger partial charge on any atom is 0.164 e. The zero-order valence-corrected chi connectivity index (χ0v) is 9.27. The van der Waals surface area contributed by atoms with E-state index < -0.39 is 17.7 Å². The monoisotopic (exact) mass is 245 g/mol. The van der Waals surface area contributed by atoms with Crippen molar-refractivity contribution in [3.05, 3.63) is 70.8 Å². The van der Waals surface area contributed by atoms with Crippen LogP contribution in [-0.2, 0) is 0 Å². The van der Waals surface area contributed by atoms with Gasteiger partial charge in [-0.1, -0.05) is 24.3 Å². The summed E-state index contributed by atoms with van der Waals surface area (Å²) >= 11 is 0. The van der Waals surface area contributed by atoms with Gasteiger partial charge in [0.2, 0.25) is 0 Å². The van der Waals surface area contributed by atoms with Crippen LogP contribution in [0.15, 0.2) is 42.5 Å². The molecule has 0 aromatic heterocycles. The Morgan fingerprint density at radius 1 is 1.11 bits per heavy atom. The molecule has 0 aliphatic rings. The quantitative estimate of drug-likeness (QED) is 0.884. The summed E-state index contributed by atoms with van der Waals surface area (Å²) in [5.74, 6) is -2.09.